The molecule has 0 radical (unpaired) electrons. The van der Waals surface area contributed by atoms with Crippen LogP contribution in [0.2, 0.25) is 5.02 Å². The van der Waals surface area contributed by atoms with Crippen molar-refractivity contribution in [2.75, 3.05) is 6.61 Å². The number of pyridine rings is 1. The summed E-state index contributed by atoms with van der Waals surface area (Å²) in [5.41, 5.74) is -2.34. The molecule has 1 fully saturated rings. The lowest BCUT2D eigenvalue weighted by atomic mass is 9.86. The fourth-order valence-corrected chi connectivity index (χ4v) is 4.08. The smallest absolute Gasteiger partial charge is 0.417 e. The number of carbonyl (C=O) groups excluding carboxylic acids is 1. The molecule has 2 N–H and O–H groups in total. The lowest BCUT2D eigenvalue weighted by Crippen LogP contribution is -2.44. The van der Waals surface area contributed by atoms with Crippen molar-refractivity contribution in [3.63, 3.8) is 0 Å². The highest BCUT2D eigenvalue weighted by molar-refractivity contribution is 6.34. The molecule has 1 aromatic carbocycles. The Morgan fingerprint density at radius 3 is 2.67 bits per heavy atom. The van der Waals surface area contributed by atoms with Gasteiger partial charge in [0.15, 0.2) is 0 Å². The zero-order chi connectivity index (χ0) is 21.9. The Bertz CT molecular complexity index is 915. The summed E-state index contributed by atoms with van der Waals surface area (Å²) in [5, 5.41) is 13.1. The quantitative estimate of drug-likeness (QED) is 0.665. The van der Waals surface area contributed by atoms with E-state index in [-0.39, 0.29) is 0 Å². The minimum atomic E-state index is -4.72. The highest BCUT2D eigenvalue weighted by atomic mass is 35.5. The van der Waals surface area contributed by atoms with Gasteiger partial charge in [-0.25, -0.2) is 4.98 Å². The van der Waals surface area contributed by atoms with Crippen molar-refractivity contribution in [3.8, 4) is 5.75 Å². The maximum atomic E-state index is 13.1. The first-order chi connectivity index (χ1) is 14.2. The number of nitrogens with zero attached hydrogens (tertiary/aromatic N) is 1. The molecule has 2 aromatic rings. The second-order valence-electron chi connectivity index (χ2n) is 7.24. The molecule has 1 amide bonds. The van der Waals surface area contributed by atoms with Gasteiger partial charge in [-0.3, -0.25) is 4.79 Å². The normalized spacial score (nSPS) is 16.9. The minimum absolute atomic E-state index is 0.439. The van der Waals surface area contributed by atoms with Crippen LogP contribution in [0.3, 0.4) is 0 Å². The molecule has 0 spiro atoms. The SMILES string of the molecule is CCOc1cccc(C(NC(=O)c2nccc(C(F)(F)F)c2Cl)C2(O)CCCC2)c1. The number of rotatable bonds is 6. The van der Waals surface area contributed by atoms with Gasteiger partial charge in [0, 0.05) is 6.20 Å². The Balaban J connectivity index is 1.97. The summed E-state index contributed by atoms with van der Waals surface area (Å²) in [4.78, 5) is 16.6. The molecule has 30 heavy (non-hydrogen) atoms. The Hall–Kier alpha value is -2.32. The maximum absolute atomic E-state index is 13.1. The van der Waals surface area contributed by atoms with Crippen molar-refractivity contribution in [1.82, 2.24) is 10.3 Å². The monoisotopic (exact) mass is 442 g/mol. The van der Waals surface area contributed by atoms with Gasteiger partial charge in [0.2, 0.25) is 0 Å². The molecule has 9 heteroatoms. The summed E-state index contributed by atoms with van der Waals surface area (Å²) < 4.78 is 44.9. The zero-order valence-electron chi connectivity index (χ0n) is 16.3. The van der Waals surface area contributed by atoms with Crippen LogP contribution in [0.1, 0.15) is 60.3 Å². The Morgan fingerprint density at radius 2 is 2.03 bits per heavy atom. The van der Waals surface area contributed by atoms with Crippen molar-refractivity contribution in [2.24, 2.45) is 0 Å². The third-order valence-electron chi connectivity index (χ3n) is 5.19. The molecule has 1 aromatic heterocycles. The van der Waals surface area contributed by atoms with Crippen molar-refractivity contribution in [1.29, 1.82) is 0 Å². The Morgan fingerprint density at radius 1 is 1.33 bits per heavy atom. The van der Waals surface area contributed by atoms with Gasteiger partial charge in [-0.05, 0) is 43.5 Å². The van der Waals surface area contributed by atoms with Crippen LogP contribution in [0.4, 0.5) is 13.2 Å². The number of nitrogens with one attached hydrogen (secondary N) is 1. The molecule has 1 unspecified atom stereocenters. The van der Waals surface area contributed by atoms with E-state index < -0.39 is 40.0 Å². The largest absolute Gasteiger partial charge is 0.494 e. The molecule has 1 aliphatic carbocycles. The molecule has 0 bridgehead atoms. The zero-order valence-corrected chi connectivity index (χ0v) is 17.1. The Kier molecular flexibility index (Phi) is 6.57. The van der Waals surface area contributed by atoms with Crippen LogP contribution in [0, 0.1) is 0 Å². The molecule has 3 rings (SSSR count). The summed E-state index contributed by atoms with van der Waals surface area (Å²) in [5.74, 6) is -0.329. The van der Waals surface area contributed by atoms with Gasteiger partial charge in [-0.1, -0.05) is 36.6 Å². The highest BCUT2D eigenvalue weighted by Crippen LogP contribution is 2.41. The van der Waals surface area contributed by atoms with Crippen molar-refractivity contribution >= 4 is 17.5 Å². The van der Waals surface area contributed by atoms with Crippen LogP contribution in [0.25, 0.3) is 0 Å². The van der Waals surface area contributed by atoms with Crippen LogP contribution in [0.5, 0.6) is 5.75 Å². The number of ether oxygens (including phenoxy) is 1. The molecule has 0 saturated heterocycles. The van der Waals surface area contributed by atoms with E-state index in [9.17, 15) is 23.1 Å². The second-order valence-corrected chi connectivity index (χ2v) is 7.62. The highest BCUT2D eigenvalue weighted by Gasteiger charge is 2.42. The molecule has 162 valence electrons. The van der Waals surface area contributed by atoms with Crippen LogP contribution < -0.4 is 10.1 Å². The number of alkyl halides is 3. The van der Waals surface area contributed by atoms with Gasteiger partial charge in [-0.15, -0.1) is 0 Å². The first kappa shape index (κ1) is 22.4. The molecular weight excluding hydrogens is 421 g/mol. The number of hydrogen-bond acceptors (Lipinski definition) is 4. The summed E-state index contributed by atoms with van der Waals surface area (Å²) in [6.45, 7) is 2.27. The van der Waals surface area contributed by atoms with Crippen LogP contribution in [0.15, 0.2) is 36.5 Å². The third-order valence-corrected chi connectivity index (χ3v) is 5.58. The topological polar surface area (TPSA) is 71.5 Å². The summed E-state index contributed by atoms with van der Waals surface area (Å²) in [6.07, 6.45) is -1.39. The number of aliphatic hydroxyl groups is 1. The fourth-order valence-electron chi connectivity index (χ4n) is 3.77. The van der Waals surface area contributed by atoms with Crippen molar-refractivity contribution < 1.29 is 27.8 Å². The average Bonchev–Trinajstić information content (AvgIpc) is 3.13. The summed E-state index contributed by atoms with van der Waals surface area (Å²) >= 11 is 5.85. The van der Waals surface area contributed by atoms with Gasteiger partial charge in [-0.2, -0.15) is 13.2 Å². The second kappa shape index (κ2) is 8.81. The number of aromatic nitrogens is 1. The van der Waals surface area contributed by atoms with E-state index in [4.69, 9.17) is 16.3 Å². The minimum Gasteiger partial charge on any atom is -0.494 e. The lowest BCUT2D eigenvalue weighted by Gasteiger charge is -2.34. The number of halogens is 4. The maximum Gasteiger partial charge on any atom is 0.417 e. The lowest BCUT2D eigenvalue weighted by molar-refractivity contribution is -0.137. The van der Waals surface area contributed by atoms with E-state index in [2.05, 4.69) is 10.3 Å². The summed E-state index contributed by atoms with van der Waals surface area (Å²) in [6, 6.07) is 6.76. The number of carbonyl (C=O) groups is 1. The van der Waals surface area contributed by atoms with Crippen molar-refractivity contribution in [2.45, 2.75) is 50.4 Å². The number of amides is 1. The first-order valence-corrected chi connectivity index (χ1v) is 10.0. The first-order valence-electron chi connectivity index (χ1n) is 9.63. The molecule has 1 aliphatic rings. The van der Waals surface area contributed by atoms with Gasteiger partial charge in [0.05, 0.1) is 28.8 Å². The fraction of sp³-hybridized carbons (Fsp3) is 0.429. The predicted molar refractivity (Wildman–Crippen MR) is 105 cm³/mol. The van der Waals surface area contributed by atoms with Crippen molar-refractivity contribution in [3.05, 3.63) is 58.4 Å². The predicted octanol–water partition coefficient (Wildman–Crippen LogP) is 4.93. The van der Waals surface area contributed by atoms with Gasteiger partial charge < -0.3 is 15.2 Å². The van der Waals surface area contributed by atoms with E-state index in [0.717, 1.165) is 19.0 Å². The van der Waals surface area contributed by atoms with E-state index in [1.54, 1.807) is 24.3 Å². The van der Waals surface area contributed by atoms with Crippen LogP contribution in [-0.4, -0.2) is 28.2 Å². The Labute approximate surface area is 177 Å². The number of hydrogen-bond donors (Lipinski definition) is 2. The van der Waals surface area contributed by atoms with Gasteiger partial charge in [0.25, 0.3) is 5.91 Å². The third kappa shape index (κ3) is 4.70. The van der Waals surface area contributed by atoms with Crippen LogP contribution >= 0.6 is 11.6 Å². The molecule has 1 saturated carbocycles. The van der Waals surface area contributed by atoms with E-state index >= 15 is 0 Å². The standard InChI is InChI=1S/C21H22ClF3N2O3/c1-2-30-14-7-5-6-13(12-14)18(20(29)9-3-4-10-20)27-19(28)17-16(22)15(8-11-26-17)21(23,24)25/h5-8,11-12,18,29H,2-4,9-10H2,1H3,(H,27,28). The van der Waals surface area contributed by atoms with E-state index in [1.165, 1.54) is 0 Å². The number of benzene rings is 1. The average molecular weight is 443 g/mol. The molecular formula is C21H22ClF3N2O3. The van der Waals surface area contributed by atoms with Gasteiger partial charge in [0.1, 0.15) is 11.4 Å². The molecule has 1 heterocycles. The van der Waals surface area contributed by atoms with Gasteiger partial charge >= 0.3 is 6.18 Å². The molecule has 5 nitrogen and oxygen atoms in total. The molecule has 1 atom stereocenters. The van der Waals surface area contributed by atoms with E-state index in [0.29, 0.717) is 36.8 Å². The summed E-state index contributed by atoms with van der Waals surface area (Å²) in [7, 11) is 0. The van der Waals surface area contributed by atoms with Crippen LogP contribution in [-0.2, 0) is 6.18 Å². The van der Waals surface area contributed by atoms with E-state index in [1.807, 2.05) is 6.92 Å². The molecule has 0 aliphatic heterocycles.